The minimum atomic E-state index is -0.131. The Morgan fingerprint density at radius 1 is 1.29 bits per heavy atom. The minimum Gasteiger partial charge on any atom is -0.377 e. The van der Waals surface area contributed by atoms with E-state index in [4.69, 9.17) is 9.26 Å². The molecule has 2 aromatic heterocycles. The van der Waals surface area contributed by atoms with Gasteiger partial charge in [-0.15, -0.1) is 0 Å². The van der Waals surface area contributed by atoms with Crippen LogP contribution < -0.4 is 0 Å². The van der Waals surface area contributed by atoms with Gasteiger partial charge >= 0.3 is 0 Å². The number of pyridine rings is 1. The van der Waals surface area contributed by atoms with E-state index in [1.165, 1.54) is 5.56 Å². The summed E-state index contributed by atoms with van der Waals surface area (Å²) in [6.07, 6.45) is 6.24. The molecule has 0 aromatic carbocycles. The van der Waals surface area contributed by atoms with Gasteiger partial charge in [-0.25, -0.2) is 0 Å². The number of hydrogen-bond donors (Lipinski definition) is 0. The molecule has 1 atom stereocenters. The van der Waals surface area contributed by atoms with E-state index in [0.29, 0.717) is 12.4 Å². The smallest absolute Gasteiger partial charge is 0.232 e. The van der Waals surface area contributed by atoms with Gasteiger partial charge < -0.3 is 9.26 Å². The number of nitrogens with zero attached hydrogens (tertiary/aromatic N) is 4. The first-order valence-electron chi connectivity index (χ1n) is 8.56. The average Bonchev–Trinajstić information content (AvgIpc) is 3.19. The summed E-state index contributed by atoms with van der Waals surface area (Å²) >= 11 is 0. The van der Waals surface area contributed by atoms with Gasteiger partial charge in [0.1, 0.15) is 0 Å². The molecule has 6 heteroatoms. The second kappa shape index (κ2) is 7.40. The van der Waals surface area contributed by atoms with Gasteiger partial charge in [0.05, 0.1) is 12.6 Å². The topological polar surface area (TPSA) is 64.3 Å². The van der Waals surface area contributed by atoms with Gasteiger partial charge in [0.25, 0.3) is 0 Å². The highest BCUT2D eigenvalue weighted by molar-refractivity contribution is 5.08. The van der Waals surface area contributed by atoms with Gasteiger partial charge in [-0.05, 0) is 24.5 Å². The molecule has 1 fully saturated rings. The molecule has 1 aliphatic rings. The largest absolute Gasteiger partial charge is 0.377 e. The van der Waals surface area contributed by atoms with Crippen molar-refractivity contribution in [2.45, 2.75) is 58.2 Å². The summed E-state index contributed by atoms with van der Waals surface area (Å²) in [6, 6.07) is 4.05. The van der Waals surface area contributed by atoms with Crippen molar-refractivity contribution in [1.29, 1.82) is 0 Å². The lowest BCUT2D eigenvalue weighted by Crippen LogP contribution is -2.32. The molecular weight excluding hydrogens is 304 g/mol. The second-order valence-corrected chi connectivity index (χ2v) is 7.43. The predicted molar refractivity (Wildman–Crippen MR) is 90.3 cm³/mol. The summed E-state index contributed by atoms with van der Waals surface area (Å²) in [5, 5.41) is 4.15. The van der Waals surface area contributed by atoms with Crippen molar-refractivity contribution >= 4 is 0 Å². The van der Waals surface area contributed by atoms with Gasteiger partial charge in [-0.1, -0.05) is 32.0 Å². The maximum atomic E-state index is 5.80. The zero-order valence-electron chi connectivity index (χ0n) is 14.7. The minimum absolute atomic E-state index is 0.131. The molecule has 0 amide bonds. The van der Waals surface area contributed by atoms with Gasteiger partial charge in [0, 0.05) is 37.5 Å². The first-order chi connectivity index (χ1) is 11.5. The molecule has 1 aliphatic heterocycles. The fourth-order valence-electron chi connectivity index (χ4n) is 2.83. The second-order valence-electron chi connectivity index (χ2n) is 7.43. The van der Waals surface area contributed by atoms with E-state index in [1.54, 1.807) is 6.20 Å². The van der Waals surface area contributed by atoms with Crippen LogP contribution in [0.5, 0.6) is 0 Å². The molecule has 0 aliphatic carbocycles. The summed E-state index contributed by atoms with van der Waals surface area (Å²) in [5.74, 6) is 1.40. The van der Waals surface area contributed by atoms with Crippen LogP contribution in [0.4, 0.5) is 0 Å². The van der Waals surface area contributed by atoms with E-state index in [9.17, 15) is 0 Å². The molecule has 3 heterocycles. The first-order valence-corrected chi connectivity index (χ1v) is 8.56. The Morgan fingerprint density at radius 3 is 2.79 bits per heavy atom. The number of rotatable bonds is 6. The maximum absolute atomic E-state index is 5.80. The van der Waals surface area contributed by atoms with Crippen LogP contribution in [0, 0.1) is 0 Å². The summed E-state index contributed by atoms with van der Waals surface area (Å²) < 4.78 is 11.2. The highest BCUT2D eigenvalue weighted by Crippen LogP contribution is 2.21. The van der Waals surface area contributed by atoms with Crippen molar-refractivity contribution in [3.63, 3.8) is 0 Å². The SMILES string of the molecule is CC(C)(C)c1nc(CN(Cc2cccnc2)CC2CCCO2)no1. The normalized spacial score (nSPS) is 18.4. The molecule has 3 rings (SSSR count). The fraction of sp³-hybridized carbons (Fsp3) is 0.611. The van der Waals surface area contributed by atoms with Gasteiger partial charge in [-0.2, -0.15) is 4.98 Å². The molecular formula is C18H26N4O2. The van der Waals surface area contributed by atoms with Crippen LogP contribution in [0.3, 0.4) is 0 Å². The molecule has 130 valence electrons. The van der Waals surface area contributed by atoms with Crippen LogP contribution in [-0.4, -0.2) is 39.3 Å². The summed E-state index contributed by atoms with van der Waals surface area (Å²) in [5.41, 5.74) is 1.05. The average molecular weight is 330 g/mol. The summed E-state index contributed by atoms with van der Waals surface area (Å²) in [4.78, 5) is 11.1. The molecule has 0 N–H and O–H groups in total. The van der Waals surface area contributed by atoms with Crippen molar-refractivity contribution < 1.29 is 9.26 Å². The third-order valence-electron chi connectivity index (χ3n) is 4.09. The molecule has 0 bridgehead atoms. The number of hydrogen-bond acceptors (Lipinski definition) is 6. The van der Waals surface area contributed by atoms with Crippen LogP contribution >= 0.6 is 0 Å². The van der Waals surface area contributed by atoms with E-state index in [1.807, 2.05) is 12.3 Å². The zero-order valence-corrected chi connectivity index (χ0v) is 14.7. The van der Waals surface area contributed by atoms with Crippen molar-refractivity contribution in [2.75, 3.05) is 13.2 Å². The van der Waals surface area contributed by atoms with Crippen molar-refractivity contribution in [3.8, 4) is 0 Å². The standard InChI is InChI=1S/C18H26N4O2/c1-18(2,3)17-20-16(21-24-17)13-22(12-15-7-5-9-23-15)11-14-6-4-8-19-10-14/h4,6,8,10,15H,5,7,9,11-13H2,1-3H3. The Labute approximate surface area is 143 Å². The highest BCUT2D eigenvalue weighted by atomic mass is 16.5. The molecule has 0 spiro atoms. The summed E-state index contributed by atoms with van der Waals surface area (Å²) in [6.45, 7) is 9.40. The van der Waals surface area contributed by atoms with E-state index >= 15 is 0 Å². The van der Waals surface area contributed by atoms with E-state index in [0.717, 1.165) is 38.4 Å². The van der Waals surface area contributed by atoms with E-state index in [-0.39, 0.29) is 11.5 Å². The van der Waals surface area contributed by atoms with Crippen LogP contribution in [0.2, 0.25) is 0 Å². The lowest BCUT2D eigenvalue weighted by atomic mass is 9.97. The molecule has 6 nitrogen and oxygen atoms in total. The van der Waals surface area contributed by atoms with E-state index < -0.39 is 0 Å². The third-order valence-corrected chi connectivity index (χ3v) is 4.09. The lowest BCUT2D eigenvalue weighted by molar-refractivity contribution is 0.0667. The van der Waals surface area contributed by atoms with Crippen LogP contribution in [0.1, 0.15) is 50.9 Å². The van der Waals surface area contributed by atoms with Crippen LogP contribution in [-0.2, 0) is 23.2 Å². The van der Waals surface area contributed by atoms with Crippen molar-refractivity contribution in [3.05, 3.63) is 41.8 Å². The van der Waals surface area contributed by atoms with Crippen molar-refractivity contribution in [2.24, 2.45) is 0 Å². The quantitative estimate of drug-likeness (QED) is 0.811. The Morgan fingerprint density at radius 2 is 2.17 bits per heavy atom. The Hall–Kier alpha value is -1.79. The van der Waals surface area contributed by atoms with Gasteiger partial charge in [0.2, 0.25) is 5.89 Å². The molecule has 2 aromatic rings. The van der Waals surface area contributed by atoms with Crippen molar-refractivity contribution in [1.82, 2.24) is 20.0 Å². The van der Waals surface area contributed by atoms with Crippen LogP contribution in [0.25, 0.3) is 0 Å². The van der Waals surface area contributed by atoms with E-state index in [2.05, 4.69) is 46.9 Å². The lowest BCUT2D eigenvalue weighted by Gasteiger charge is -2.23. The first kappa shape index (κ1) is 17.0. The van der Waals surface area contributed by atoms with Crippen LogP contribution in [0.15, 0.2) is 29.0 Å². The Kier molecular flexibility index (Phi) is 5.26. The third kappa shape index (κ3) is 4.61. The molecule has 24 heavy (non-hydrogen) atoms. The van der Waals surface area contributed by atoms with Gasteiger partial charge in [0.15, 0.2) is 5.82 Å². The number of ether oxygens (including phenoxy) is 1. The summed E-state index contributed by atoms with van der Waals surface area (Å²) in [7, 11) is 0. The molecule has 0 radical (unpaired) electrons. The molecule has 0 saturated carbocycles. The number of aromatic nitrogens is 3. The monoisotopic (exact) mass is 330 g/mol. The molecule has 1 unspecified atom stereocenters. The fourth-order valence-corrected chi connectivity index (χ4v) is 2.83. The predicted octanol–water partition coefficient (Wildman–Crippen LogP) is 2.94. The highest BCUT2D eigenvalue weighted by Gasteiger charge is 2.24. The molecule has 1 saturated heterocycles. The maximum Gasteiger partial charge on any atom is 0.232 e. The Bertz CT molecular complexity index is 630. The Balaban J connectivity index is 1.70. The van der Waals surface area contributed by atoms with Gasteiger partial charge in [-0.3, -0.25) is 9.88 Å². The zero-order chi connectivity index (χ0) is 17.0.